The molecule has 0 saturated heterocycles. The lowest BCUT2D eigenvalue weighted by Gasteiger charge is -2.28. The summed E-state index contributed by atoms with van der Waals surface area (Å²) in [5.41, 5.74) is 0.846. The molecule has 1 heterocycles. The lowest BCUT2D eigenvalue weighted by atomic mass is 9.85. The van der Waals surface area contributed by atoms with Gasteiger partial charge in [-0.3, -0.25) is 4.79 Å². The number of rotatable bonds is 10. The predicted molar refractivity (Wildman–Crippen MR) is 115 cm³/mol. The van der Waals surface area contributed by atoms with Crippen molar-refractivity contribution < 1.29 is 38.1 Å². The number of dihydropyridines is 1. The SMILES string of the molecule is CCOC(=O)C1=C(C)NC(C)=C(C(=O)OCC)C1C(=O)OCCOc1ccc(OC)cc1. The van der Waals surface area contributed by atoms with Gasteiger partial charge >= 0.3 is 17.9 Å². The lowest BCUT2D eigenvalue weighted by molar-refractivity contribution is -0.152. The van der Waals surface area contributed by atoms with Gasteiger partial charge in [-0.15, -0.1) is 0 Å². The molecule has 0 fully saturated rings. The molecule has 9 nitrogen and oxygen atoms in total. The molecule has 0 unspecified atom stereocenters. The van der Waals surface area contributed by atoms with Gasteiger partial charge in [-0.05, 0) is 52.0 Å². The molecule has 1 N–H and O–H groups in total. The number of carbonyl (C=O) groups excluding carboxylic acids is 3. The van der Waals surface area contributed by atoms with Gasteiger partial charge < -0.3 is 29.0 Å². The van der Waals surface area contributed by atoms with E-state index in [2.05, 4.69) is 5.32 Å². The van der Waals surface area contributed by atoms with E-state index in [1.165, 1.54) is 0 Å². The van der Waals surface area contributed by atoms with Gasteiger partial charge in [-0.25, -0.2) is 9.59 Å². The zero-order valence-electron chi connectivity index (χ0n) is 19.0. The summed E-state index contributed by atoms with van der Waals surface area (Å²) in [7, 11) is 1.57. The number of carbonyl (C=O) groups is 3. The fraction of sp³-hybridized carbons (Fsp3) is 0.435. The standard InChI is InChI=1S/C23H29NO8/c1-6-29-21(25)18-14(3)24-15(4)19(22(26)30-7-2)20(18)23(27)32-13-12-31-17-10-8-16(28-5)9-11-17/h8-11,20,24H,6-7,12-13H2,1-5H3. The molecule has 0 atom stereocenters. The summed E-state index contributed by atoms with van der Waals surface area (Å²) in [5, 5.41) is 2.96. The van der Waals surface area contributed by atoms with Crippen molar-refractivity contribution >= 4 is 17.9 Å². The highest BCUT2D eigenvalue weighted by molar-refractivity contribution is 6.05. The van der Waals surface area contributed by atoms with E-state index in [1.807, 2.05) is 0 Å². The highest BCUT2D eigenvalue weighted by Crippen LogP contribution is 2.32. The third-order valence-corrected chi connectivity index (χ3v) is 4.64. The van der Waals surface area contributed by atoms with Crippen LogP contribution in [0.5, 0.6) is 11.5 Å². The van der Waals surface area contributed by atoms with Gasteiger partial charge in [0.05, 0.1) is 31.5 Å². The summed E-state index contributed by atoms with van der Waals surface area (Å²) >= 11 is 0. The van der Waals surface area contributed by atoms with Crippen molar-refractivity contribution in [2.75, 3.05) is 33.5 Å². The zero-order valence-corrected chi connectivity index (χ0v) is 19.0. The van der Waals surface area contributed by atoms with E-state index < -0.39 is 23.8 Å². The van der Waals surface area contributed by atoms with Crippen LogP contribution in [0.2, 0.25) is 0 Å². The van der Waals surface area contributed by atoms with Crippen LogP contribution in [-0.2, 0) is 28.6 Å². The Bertz CT molecular complexity index is 861. The molecular weight excluding hydrogens is 418 g/mol. The number of nitrogens with one attached hydrogen (secondary N) is 1. The summed E-state index contributed by atoms with van der Waals surface area (Å²) in [6, 6.07) is 6.94. The maximum absolute atomic E-state index is 13.0. The Morgan fingerprint density at radius 2 is 1.31 bits per heavy atom. The summed E-state index contributed by atoms with van der Waals surface area (Å²) in [5.74, 6) is -2.18. The van der Waals surface area contributed by atoms with Crippen LogP contribution in [-0.4, -0.2) is 51.4 Å². The molecule has 1 aromatic rings. The second-order valence-corrected chi connectivity index (χ2v) is 6.77. The predicted octanol–water partition coefficient (Wildman–Crippen LogP) is 2.51. The van der Waals surface area contributed by atoms with E-state index in [0.29, 0.717) is 22.9 Å². The molecule has 0 spiro atoms. The normalized spacial score (nSPS) is 13.9. The second-order valence-electron chi connectivity index (χ2n) is 6.77. The number of hydrogen-bond acceptors (Lipinski definition) is 9. The first-order valence-electron chi connectivity index (χ1n) is 10.3. The van der Waals surface area contributed by atoms with Gasteiger partial charge in [0, 0.05) is 11.4 Å². The number of ether oxygens (including phenoxy) is 5. The molecular formula is C23H29NO8. The molecule has 174 valence electrons. The van der Waals surface area contributed by atoms with E-state index in [0.717, 1.165) is 0 Å². The van der Waals surface area contributed by atoms with Crippen molar-refractivity contribution in [1.82, 2.24) is 5.32 Å². The highest BCUT2D eigenvalue weighted by atomic mass is 16.6. The minimum absolute atomic E-state index is 0.0153. The molecule has 0 aromatic heterocycles. The first kappa shape index (κ1) is 24.8. The molecule has 0 aliphatic carbocycles. The maximum Gasteiger partial charge on any atom is 0.337 e. The highest BCUT2D eigenvalue weighted by Gasteiger charge is 2.42. The Labute approximate surface area is 187 Å². The average molecular weight is 447 g/mol. The molecule has 9 heteroatoms. The number of methoxy groups -OCH3 is 1. The van der Waals surface area contributed by atoms with E-state index in [4.69, 9.17) is 23.7 Å². The molecule has 0 bridgehead atoms. The van der Waals surface area contributed by atoms with Crippen LogP contribution >= 0.6 is 0 Å². The number of allylic oxidation sites excluding steroid dienone is 2. The van der Waals surface area contributed by atoms with Crippen LogP contribution in [0.4, 0.5) is 0 Å². The topological polar surface area (TPSA) is 109 Å². The van der Waals surface area contributed by atoms with Gasteiger partial charge in [0.15, 0.2) is 0 Å². The molecule has 0 saturated carbocycles. The van der Waals surface area contributed by atoms with Crippen LogP contribution in [0.1, 0.15) is 27.7 Å². The van der Waals surface area contributed by atoms with Crippen molar-refractivity contribution in [1.29, 1.82) is 0 Å². The minimum Gasteiger partial charge on any atom is -0.497 e. The fourth-order valence-corrected chi connectivity index (χ4v) is 3.25. The van der Waals surface area contributed by atoms with E-state index in [-0.39, 0.29) is 37.6 Å². The molecule has 1 aromatic carbocycles. The van der Waals surface area contributed by atoms with Crippen LogP contribution < -0.4 is 14.8 Å². The molecule has 1 aliphatic heterocycles. The third-order valence-electron chi connectivity index (χ3n) is 4.64. The van der Waals surface area contributed by atoms with Crippen LogP contribution in [0.3, 0.4) is 0 Å². The first-order chi connectivity index (χ1) is 15.3. The Hall–Kier alpha value is -3.49. The van der Waals surface area contributed by atoms with E-state index in [9.17, 15) is 14.4 Å². The van der Waals surface area contributed by atoms with Crippen molar-refractivity contribution in [2.24, 2.45) is 5.92 Å². The van der Waals surface area contributed by atoms with Crippen molar-refractivity contribution in [2.45, 2.75) is 27.7 Å². The molecule has 0 radical (unpaired) electrons. The van der Waals surface area contributed by atoms with Crippen LogP contribution in [0.15, 0.2) is 46.8 Å². The summed E-state index contributed by atoms with van der Waals surface area (Å²) in [6.07, 6.45) is 0. The molecule has 32 heavy (non-hydrogen) atoms. The first-order valence-corrected chi connectivity index (χ1v) is 10.3. The third kappa shape index (κ3) is 6.03. The smallest absolute Gasteiger partial charge is 0.337 e. The van der Waals surface area contributed by atoms with Crippen molar-refractivity contribution in [3.63, 3.8) is 0 Å². The van der Waals surface area contributed by atoms with Gasteiger partial charge in [0.1, 0.15) is 30.6 Å². The molecule has 2 rings (SSSR count). The van der Waals surface area contributed by atoms with Gasteiger partial charge in [-0.2, -0.15) is 0 Å². The van der Waals surface area contributed by atoms with Crippen LogP contribution in [0, 0.1) is 5.92 Å². The average Bonchev–Trinajstić information content (AvgIpc) is 2.76. The molecule has 0 amide bonds. The number of esters is 3. The Morgan fingerprint density at radius 3 is 1.78 bits per heavy atom. The number of hydrogen-bond donors (Lipinski definition) is 1. The van der Waals surface area contributed by atoms with Crippen LogP contribution in [0.25, 0.3) is 0 Å². The maximum atomic E-state index is 13.0. The van der Waals surface area contributed by atoms with Crippen molar-refractivity contribution in [3.05, 3.63) is 46.8 Å². The largest absolute Gasteiger partial charge is 0.497 e. The Balaban J connectivity index is 2.16. The summed E-state index contributed by atoms with van der Waals surface area (Å²) in [4.78, 5) is 38.2. The quantitative estimate of drug-likeness (QED) is 0.329. The van der Waals surface area contributed by atoms with Gasteiger partial charge in [0.25, 0.3) is 0 Å². The fourth-order valence-electron chi connectivity index (χ4n) is 3.25. The Kier molecular flexibility index (Phi) is 9.12. The molecule has 1 aliphatic rings. The minimum atomic E-state index is -1.27. The summed E-state index contributed by atoms with van der Waals surface area (Å²) in [6.45, 7) is 6.80. The van der Waals surface area contributed by atoms with Gasteiger partial charge in [-0.1, -0.05) is 0 Å². The zero-order chi connectivity index (χ0) is 23.7. The number of benzene rings is 1. The van der Waals surface area contributed by atoms with Gasteiger partial charge in [0.2, 0.25) is 0 Å². The summed E-state index contributed by atoms with van der Waals surface area (Å²) < 4.78 is 26.2. The monoisotopic (exact) mass is 447 g/mol. The van der Waals surface area contributed by atoms with Crippen molar-refractivity contribution in [3.8, 4) is 11.5 Å². The Morgan fingerprint density at radius 1 is 0.812 bits per heavy atom. The van der Waals surface area contributed by atoms with E-state index in [1.54, 1.807) is 59.1 Å². The van der Waals surface area contributed by atoms with E-state index >= 15 is 0 Å². The second kappa shape index (κ2) is 11.8. The lowest BCUT2D eigenvalue weighted by Crippen LogP contribution is -2.38.